The zero-order valence-corrected chi connectivity index (χ0v) is 23.8. The van der Waals surface area contributed by atoms with Gasteiger partial charge in [0.05, 0.1) is 29.1 Å². The SMILES string of the molecule is CCNC(=O)N(C)CCC(=O)O.O=S(=O)(c1cccc(C(F)(F)F)c1)N1CCOc2ccc(-c3cc(F)ccc3F)cc21. The molecule has 0 aromatic heterocycles. The van der Waals surface area contributed by atoms with Crippen LogP contribution in [0, 0.1) is 11.6 Å². The van der Waals surface area contributed by atoms with Gasteiger partial charge in [-0.1, -0.05) is 12.1 Å². The van der Waals surface area contributed by atoms with Gasteiger partial charge in [-0.2, -0.15) is 13.2 Å². The number of hydrogen-bond donors (Lipinski definition) is 2. The van der Waals surface area contributed by atoms with Crippen molar-refractivity contribution in [3.63, 3.8) is 0 Å². The molecule has 1 aliphatic heterocycles. The Hall–Kier alpha value is -4.40. The van der Waals surface area contributed by atoms with Gasteiger partial charge in [-0.25, -0.2) is 22.0 Å². The number of ether oxygens (including phenoxy) is 1. The number of sulfonamides is 1. The highest BCUT2D eigenvalue weighted by molar-refractivity contribution is 7.92. The number of urea groups is 1. The van der Waals surface area contributed by atoms with E-state index in [4.69, 9.17) is 9.84 Å². The largest absolute Gasteiger partial charge is 0.489 e. The van der Waals surface area contributed by atoms with Gasteiger partial charge >= 0.3 is 18.2 Å². The van der Waals surface area contributed by atoms with Crippen molar-refractivity contribution in [2.45, 2.75) is 24.4 Å². The van der Waals surface area contributed by atoms with E-state index in [2.05, 4.69) is 5.32 Å². The van der Waals surface area contributed by atoms with Crippen LogP contribution >= 0.6 is 0 Å². The van der Waals surface area contributed by atoms with Crippen molar-refractivity contribution in [3.05, 3.63) is 77.9 Å². The Kier molecular flexibility index (Phi) is 10.6. The molecule has 4 rings (SSSR count). The molecule has 0 aliphatic carbocycles. The first-order chi connectivity index (χ1) is 20.1. The van der Waals surface area contributed by atoms with Crippen molar-refractivity contribution >= 4 is 27.7 Å². The number of fused-ring (bicyclic) bond motifs is 1. The number of rotatable bonds is 7. The first-order valence-electron chi connectivity index (χ1n) is 12.8. The molecule has 2 amide bonds. The van der Waals surface area contributed by atoms with Crippen molar-refractivity contribution in [3.8, 4) is 16.9 Å². The highest BCUT2D eigenvalue weighted by Crippen LogP contribution is 2.40. The number of amides is 2. The van der Waals surface area contributed by atoms with E-state index in [0.29, 0.717) is 12.6 Å². The third-order valence-corrected chi connectivity index (χ3v) is 7.91. The average molecular weight is 630 g/mol. The molecule has 0 saturated heterocycles. The molecular formula is C28H28F5N3O6S. The molecule has 0 radical (unpaired) electrons. The Morgan fingerprint density at radius 1 is 1.07 bits per heavy atom. The lowest BCUT2D eigenvalue weighted by atomic mass is 10.0. The van der Waals surface area contributed by atoms with Crippen LogP contribution in [0.5, 0.6) is 5.75 Å². The number of alkyl halides is 3. The maximum atomic E-state index is 14.2. The number of anilines is 1. The van der Waals surface area contributed by atoms with Crippen molar-refractivity contribution < 1.29 is 49.8 Å². The summed E-state index contributed by atoms with van der Waals surface area (Å²) in [4.78, 5) is 21.9. The van der Waals surface area contributed by atoms with Gasteiger partial charge in [0.2, 0.25) is 0 Å². The van der Waals surface area contributed by atoms with Gasteiger partial charge < -0.3 is 20.1 Å². The predicted molar refractivity (Wildman–Crippen MR) is 147 cm³/mol. The Balaban J connectivity index is 0.000000359. The van der Waals surface area contributed by atoms with Crippen LogP contribution < -0.4 is 14.4 Å². The van der Waals surface area contributed by atoms with Gasteiger partial charge in [0, 0.05) is 25.7 Å². The van der Waals surface area contributed by atoms with Crippen molar-refractivity contribution in [2.24, 2.45) is 0 Å². The summed E-state index contributed by atoms with van der Waals surface area (Å²) in [5, 5.41) is 10.9. The molecule has 3 aromatic rings. The second kappa shape index (κ2) is 13.7. The lowest BCUT2D eigenvalue weighted by Gasteiger charge is -2.31. The highest BCUT2D eigenvalue weighted by Gasteiger charge is 2.35. The maximum absolute atomic E-state index is 14.2. The smallest absolute Gasteiger partial charge is 0.416 e. The first-order valence-corrected chi connectivity index (χ1v) is 14.2. The lowest BCUT2D eigenvalue weighted by molar-refractivity contribution is -0.138. The summed E-state index contributed by atoms with van der Waals surface area (Å²) in [5.41, 5.74) is -0.988. The summed E-state index contributed by atoms with van der Waals surface area (Å²) in [6.45, 7) is 2.40. The molecule has 0 atom stereocenters. The van der Waals surface area contributed by atoms with Crippen LogP contribution in [0.15, 0.2) is 65.6 Å². The summed E-state index contributed by atoms with van der Waals surface area (Å²) < 4.78 is 99.7. The number of benzene rings is 3. The lowest BCUT2D eigenvalue weighted by Crippen LogP contribution is -2.38. The Labute approximate surface area is 244 Å². The van der Waals surface area contributed by atoms with Crippen molar-refractivity contribution in [1.29, 1.82) is 0 Å². The van der Waals surface area contributed by atoms with E-state index >= 15 is 0 Å². The minimum Gasteiger partial charge on any atom is -0.489 e. The molecule has 0 fully saturated rings. The number of hydrogen-bond acceptors (Lipinski definition) is 5. The van der Waals surface area contributed by atoms with Crippen molar-refractivity contribution in [1.82, 2.24) is 10.2 Å². The molecule has 0 bridgehead atoms. The molecule has 2 N–H and O–H groups in total. The van der Waals surface area contributed by atoms with Gasteiger partial charge in [-0.3, -0.25) is 9.10 Å². The molecule has 43 heavy (non-hydrogen) atoms. The monoisotopic (exact) mass is 629 g/mol. The number of halogens is 5. The number of carboxylic acid groups (broad SMARTS) is 1. The molecule has 9 nitrogen and oxygen atoms in total. The molecule has 0 saturated carbocycles. The Bertz CT molecular complexity index is 1580. The standard InChI is InChI=1S/C21H14F5NO3S.C7H14N2O3/c22-15-5-6-18(23)17(12-15)13-4-7-20-19(10-13)27(8-9-30-20)31(28,29)16-3-1-2-14(11-16)21(24,25)26;1-3-8-7(12)9(2)5-4-6(10)11/h1-7,10-12H,8-9H2;3-5H2,1-2H3,(H,8,12)(H,10,11). The molecular weight excluding hydrogens is 601 g/mol. The minimum atomic E-state index is -4.71. The second-order valence-corrected chi connectivity index (χ2v) is 11.0. The molecule has 232 valence electrons. The summed E-state index contributed by atoms with van der Waals surface area (Å²) >= 11 is 0. The van der Waals surface area contributed by atoms with Crippen LogP contribution in [0.2, 0.25) is 0 Å². The van der Waals surface area contributed by atoms with Gasteiger partial charge in [0.25, 0.3) is 10.0 Å². The van der Waals surface area contributed by atoms with Crippen molar-refractivity contribution in [2.75, 3.05) is 37.6 Å². The van der Waals surface area contributed by atoms with E-state index in [1.54, 1.807) is 7.05 Å². The van der Waals surface area contributed by atoms with Gasteiger partial charge in [0.15, 0.2) is 0 Å². The van der Waals surface area contributed by atoms with E-state index in [9.17, 15) is 40.0 Å². The molecule has 1 aliphatic rings. The number of nitrogens with one attached hydrogen (secondary N) is 1. The molecule has 3 aromatic carbocycles. The Morgan fingerprint density at radius 3 is 2.44 bits per heavy atom. The highest BCUT2D eigenvalue weighted by atomic mass is 32.2. The molecule has 0 unspecified atom stereocenters. The first kappa shape index (κ1) is 33.1. The molecule has 1 heterocycles. The number of aliphatic carboxylic acids is 1. The van der Waals surface area contributed by atoms with E-state index in [-0.39, 0.29) is 54.7 Å². The zero-order chi connectivity index (χ0) is 31.9. The third-order valence-electron chi connectivity index (χ3n) is 6.10. The summed E-state index contributed by atoms with van der Waals surface area (Å²) in [7, 11) is -2.83. The normalized spacial score (nSPS) is 12.8. The van der Waals surface area contributed by atoms with Crippen LogP contribution in [0.1, 0.15) is 18.9 Å². The fourth-order valence-electron chi connectivity index (χ4n) is 3.94. The van der Waals surface area contributed by atoms with Gasteiger partial charge in [-0.15, -0.1) is 0 Å². The zero-order valence-electron chi connectivity index (χ0n) is 23.0. The summed E-state index contributed by atoms with van der Waals surface area (Å²) in [6.07, 6.45) is -4.73. The van der Waals surface area contributed by atoms with Crippen LogP contribution in [0.3, 0.4) is 0 Å². The van der Waals surface area contributed by atoms with Crippen LogP contribution in [0.25, 0.3) is 11.1 Å². The number of carbonyl (C=O) groups excluding carboxylic acids is 1. The van der Waals surface area contributed by atoms with Crippen LogP contribution in [-0.4, -0.2) is 63.7 Å². The van der Waals surface area contributed by atoms with Gasteiger partial charge in [0.1, 0.15) is 24.0 Å². The summed E-state index contributed by atoms with van der Waals surface area (Å²) in [6, 6.07) is 10.2. The van der Waals surface area contributed by atoms with Gasteiger partial charge in [-0.05, 0) is 61.0 Å². The quantitative estimate of drug-likeness (QED) is 0.340. The van der Waals surface area contributed by atoms with E-state index in [0.717, 1.165) is 40.7 Å². The summed E-state index contributed by atoms with van der Waals surface area (Å²) in [5.74, 6) is -2.14. The number of carbonyl (C=O) groups is 2. The number of nitrogens with zero attached hydrogens (tertiary/aromatic N) is 2. The fraction of sp³-hybridized carbons (Fsp3) is 0.286. The Morgan fingerprint density at radius 2 is 1.79 bits per heavy atom. The fourth-order valence-corrected chi connectivity index (χ4v) is 5.44. The van der Waals surface area contributed by atoms with E-state index in [1.807, 2.05) is 6.92 Å². The van der Waals surface area contributed by atoms with Crippen LogP contribution in [-0.2, 0) is 21.0 Å². The minimum absolute atomic E-state index is 0.0184. The molecule has 0 spiro atoms. The average Bonchev–Trinajstić information content (AvgIpc) is 2.96. The third kappa shape index (κ3) is 8.34. The predicted octanol–water partition coefficient (Wildman–Crippen LogP) is 5.36. The topological polar surface area (TPSA) is 116 Å². The maximum Gasteiger partial charge on any atom is 0.416 e. The molecule has 15 heteroatoms. The van der Waals surface area contributed by atoms with Crippen LogP contribution in [0.4, 0.5) is 32.4 Å². The van der Waals surface area contributed by atoms with E-state index < -0.39 is 44.3 Å². The second-order valence-electron chi connectivity index (χ2n) is 9.16. The van der Waals surface area contributed by atoms with E-state index in [1.165, 1.54) is 23.1 Å². The number of carboxylic acids is 1.